The van der Waals surface area contributed by atoms with Crippen molar-refractivity contribution in [2.45, 2.75) is 6.42 Å². The second kappa shape index (κ2) is 5.35. The number of fused-ring (bicyclic) bond motifs is 1. The maximum absolute atomic E-state index is 12.1. The van der Waals surface area contributed by atoms with Crippen LogP contribution in [-0.4, -0.2) is 21.1 Å². The molecule has 3 aromatic rings. The van der Waals surface area contributed by atoms with Gasteiger partial charge in [0.25, 0.3) is 0 Å². The van der Waals surface area contributed by atoms with Crippen LogP contribution in [0.15, 0.2) is 36.8 Å². The molecular weight excluding hydrogens is 304 g/mol. The molecule has 1 amide bonds. The third kappa shape index (κ3) is 2.44. The van der Waals surface area contributed by atoms with E-state index in [0.717, 1.165) is 21.9 Å². The van der Waals surface area contributed by atoms with E-state index in [1.54, 1.807) is 24.7 Å². The van der Waals surface area contributed by atoms with E-state index in [-0.39, 0.29) is 17.7 Å². The van der Waals surface area contributed by atoms with Gasteiger partial charge in [-0.2, -0.15) is 10.4 Å². The fraction of sp³-hybridized carbons (Fsp3) is 0.176. The van der Waals surface area contributed by atoms with Crippen molar-refractivity contribution in [3.05, 3.63) is 36.8 Å². The van der Waals surface area contributed by atoms with Crippen LogP contribution in [-0.2, 0) is 4.79 Å². The first-order valence-corrected chi connectivity index (χ1v) is 7.54. The third-order valence-corrected chi connectivity index (χ3v) is 4.24. The summed E-state index contributed by atoms with van der Waals surface area (Å²) in [5.74, 6) is -0.101. The summed E-state index contributed by atoms with van der Waals surface area (Å²) in [6, 6.07) is 7.74. The quantitative estimate of drug-likeness (QED) is 0.640. The fourth-order valence-corrected chi connectivity index (χ4v) is 2.78. The van der Waals surface area contributed by atoms with Crippen LogP contribution in [0.2, 0.25) is 0 Å². The number of aromatic amines is 1. The molecule has 1 saturated carbocycles. The van der Waals surface area contributed by atoms with Crippen LogP contribution in [0, 0.1) is 23.2 Å². The third-order valence-electron chi connectivity index (χ3n) is 4.24. The number of carbonyl (C=O) groups excluding carboxylic acids is 1. The summed E-state index contributed by atoms with van der Waals surface area (Å²) in [7, 11) is 0. The van der Waals surface area contributed by atoms with Gasteiger partial charge < -0.3 is 11.1 Å². The van der Waals surface area contributed by atoms with Gasteiger partial charge in [0.2, 0.25) is 5.91 Å². The lowest BCUT2D eigenvalue weighted by Gasteiger charge is -2.08. The lowest BCUT2D eigenvalue weighted by atomic mass is 10.0. The van der Waals surface area contributed by atoms with Gasteiger partial charge in [-0.15, -0.1) is 0 Å². The number of anilines is 2. The number of nitrogens with zero attached hydrogens (tertiary/aromatic N) is 3. The van der Waals surface area contributed by atoms with Gasteiger partial charge in [-0.3, -0.25) is 9.89 Å². The zero-order valence-corrected chi connectivity index (χ0v) is 12.7. The van der Waals surface area contributed by atoms with Crippen molar-refractivity contribution >= 4 is 28.2 Å². The summed E-state index contributed by atoms with van der Waals surface area (Å²) >= 11 is 0. The Labute approximate surface area is 137 Å². The minimum absolute atomic E-state index is 0.160. The summed E-state index contributed by atoms with van der Waals surface area (Å²) in [6.45, 7) is 0. The van der Waals surface area contributed by atoms with E-state index in [1.807, 2.05) is 12.1 Å². The Morgan fingerprint density at radius 3 is 2.92 bits per heavy atom. The van der Waals surface area contributed by atoms with Crippen molar-refractivity contribution in [2.24, 2.45) is 11.8 Å². The standard InChI is InChI=1S/C17H14N6O/c18-5-11-2-13(11)17(24)23-16-4-10-1-9(12-6-21-22-7-12)3-15(19)14(10)8-20-16/h1,3-4,6-8,11,13H,2,19H2,(H,21,22)(H,20,23,24)/t11-,13+/m0/s1. The van der Waals surface area contributed by atoms with Gasteiger partial charge in [0.15, 0.2) is 0 Å². The van der Waals surface area contributed by atoms with E-state index in [0.29, 0.717) is 17.9 Å². The second-order valence-corrected chi connectivity index (χ2v) is 5.91. The highest BCUT2D eigenvalue weighted by molar-refractivity contribution is 6.00. The van der Waals surface area contributed by atoms with E-state index in [2.05, 4.69) is 26.6 Å². The smallest absolute Gasteiger partial charge is 0.230 e. The van der Waals surface area contributed by atoms with E-state index >= 15 is 0 Å². The van der Waals surface area contributed by atoms with E-state index in [4.69, 9.17) is 11.0 Å². The number of hydrogen-bond donors (Lipinski definition) is 3. The number of rotatable bonds is 3. The lowest BCUT2D eigenvalue weighted by Crippen LogP contribution is -2.15. The number of nitriles is 1. The Kier molecular flexibility index (Phi) is 3.17. The van der Waals surface area contributed by atoms with Gasteiger partial charge in [-0.1, -0.05) is 0 Å². The largest absolute Gasteiger partial charge is 0.398 e. The van der Waals surface area contributed by atoms with Crippen LogP contribution in [0.1, 0.15) is 6.42 Å². The summed E-state index contributed by atoms with van der Waals surface area (Å²) in [5, 5.41) is 20.0. The molecule has 24 heavy (non-hydrogen) atoms. The summed E-state index contributed by atoms with van der Waals surface area (Å²) in [6.07, 6.45) is 5.78. The average Bonchev–Trinajstić information content (AvgIpc) is 3.17. The topological polar surface area (TPSA) is 120 Å². The van der Waals surface area contributed by atoms with Gasteiger partial charge in [0, 0.05) is 29.0 Å². The monoisotopic (exact) mass is 318 g/mol. The van der Waals surface area contributed by atoms with Crippen LogP contribution in [0.25, 0.3) is 21.9 Å². The maximum atomic E-state index is 12.1. The van der Waals surface area contributed by atoms with Crippen LogP contribution in [0.4, 0.5) is 11.5 Å². The fourth-order valence-electron chi connectivity index (χ4n) is 2.78. The molecule has 0 spiro atoms. The van der Waals surface area contributed by atoms with E-state index in [9.17, 15) is 4.79 Å². The van der Waals surface area contributed by atoms with Gasteiger partial charge >= 0.3 is 0 Å². The molecule has 0 aliphatic heterocycles. The van der Waals surface area contributed by atoms with Crippen molar-refractivity contribution in [3.8, 4) is 17.2 Å². The van der Waals surface area contributed by atoms with Crippen LogP contribution in [0.3, 0.4) is 0 Å². The van der Waals surface area contributed by atoms with Gasteiger partial charge in [0.1, 0.15) is 5.82 Å². The number of benzene rings is 1. The number of nitrogen functional groups attached to an aromatic ring is 1. The lowest BCUT2D eigenvalue weighted by molar-refractivity contribution is -0.117. The Morgan fingerprint density at radius 2 is 2.21 bits per heavy atom. The van der Waals surface area contributed by atoms with Gasteiger partial charge in [0.05, 0.1) is 24.1 Å². The summed E-state index contributed by atoms with van der Waals surface area (Å²) in [5.41, 5.74) is 8.59. The molecule has 1 fully saturated rings. The van der Waals surface area contributed by atoms with Crippen LogP contribution in [0.5, 0.6) is 0 Å². The van der Waals surface area contributed by atoms with Crippen molar-refractivity contribution < 1.29 is 4.79 Å². The van der Waals surface area contributed by atoms with Crippen molar-refractivity contribution in [2.75, 3.05) is 11.1 Å². The van der Waals surface area contributed by atoms with Crippen LogP contribution < -0.4 is 11.1 Å². The number of H-pyrrole nitrogens is 1. The second-order valence-electron chi connectivity index (χ2n) is 5.91. The molecule has 2 atom stereocenters. The van der Waals surface area contributed by atoms with Crippen molar-refractivity contribution in [1.29, 1.82) is 5.26 Å². The van der Waals surface area contributed by atoms with Gasteiger partial charge in [-0.25, -0.2) is 4.98 Å². The highest BCUT2D eigenvalue weighted by Crippen LogP contribution is 2.38. The molecule has 1 aromatic carbocycles. The number of hydrogen-bond acceptors (Lipinski definition) is 5. The molecule has 1 aliphatic carbocycles. The van der Waals surface area contributed by atoms with Crippen molar-refractivity contribution in [3.63, 3.8) is 0 Å². The minimum Gasteiger partial charge on any atom is -0.398 e. The molecule has 4 rings (SSSR count). The average molecular weight is 318 g/mol. The maximum Gasteiger partial charge on any atom is 0.230 e. The van der Waals surface area contributed by atoms with Crippen molar-refractivity contribution in [1.82, 2.24) is 15.2 Å². The zero-order chi connectivity index (χ0) is 16.7. The molecule has 0 saturated heterocycles. The molecule has 0 unspecified atom stereocenters. The number of nitrogens with one attached hydrogen (secondary N) is 2. The SMILES string of the molecule is N#C[C@@H]1C[C@H]1C(=O)Nc1cc2cc(-c3cn[nH]c3)cc(N)c2cn1. The first kappa shape index (κ1) is 14.2. The zero-order valence-electron chi connectivity index (χ0n) is 12.7. The highest BCUT2D eigenvalue weighted by Gasteiger charge is 2.43. The Hall–Kier alpha value is -3.40. The Balaban J connectivity index is 1.67. The predicted octanol–water partition coefficient (Wildman–Crippen LogP) is 2.31. The predicted molar refractivity (Wildman–Crippen MR) is 89.6 cm³/mol. The van der Waals surface area contributed by atoms with E-state index in [1.165, 1.54) is 0 Å². The Bertz CT molecular complexity index is 973. The number of amides is 1. The molecule has 0 radical (unpaired) electrons. The molecule has 0 bridgehead atoms. The molecule has 1 aliphatic rings. The Morgan fingerprint density at radius 1 is 1.33 bits per heavy atom. The molecule has 118 valence electrons. The summed E-state index contributed by atoms with van der Waals surface area (Å²) in [4.78, 5) is 16.3. The molecule has 2 heterocycles. The normalized spacial score (nSPS) is 19.0. The molecule has 7 heteroatoms. The number of nitrogens with two attached hydrogens (primary N) is 1. The number of pyridine rings is 1. The van der Waals surface area contributed by atoms with Gasteiger partial charge in [-0.05, 0) is 35.6 Å². The first-order chi connectivity index (χ1) is 11.7. The van der Waals surface area contributed by atoms with E-state index < -0.39 is 0 Å². The van der Waals surface area contributed by atoms with Crippen LogP contribution >= 0.6 is 0 Å². The highest BCUT2D eigenvalue weighted by atomic mass is 16.2. The molecule has 4 N–H and O–H groups in total. The first-order valence-electron chi connectivity index (χ1n) is 7.54. The molecule has 2 aromatic heterocycles. The number of carbonyl (C=O) groups is 1. The molecular formula is C17H14N6O. The number of aromatic nitrogens is 3. The minimum atomic E-state index is -0.227. The molecule has 7 nitrogen and oxygen atoms in total. The summed E-state index contributed by atoms with van der Waals surface area (Å²) < 4.78 is 0.